The smallest absolute Gasteiger partial charge is 0.338 e. The molecule has 134 valence electrons. The Morgan fingerprint density at radius 1 is 1.00 bits per heavy atom. The van der Waals surface area contributed by atoms with Crippen LogP contribution in [0.25, 0.3) is 16.6 Å². The maximum absolute atomic E-state index is 12.9. The van der Waals surface area contributed by atoms with E-state index in [1.165, 1.54) is 22.8 Å². The fraction of sp³-hybridized carbons (Fsp3) is 0.286. The zero-order valence-electron chi connectivity index (χ0n) is 14.5. The Kier molecular flexibility index (Phi) is 4.10. The van der Waals surface area contributed by atoms with Gasteiger partial charge in [0.2, 0.25) is 0 Å². The number of rotatable bonds is 2. The zero-order chi connectivity index (χ0) is 18.3. The number of nitrogens with one attached hydrogen (secondary N) is 1. The average molecular weight is 356 g/mol. The first-order valence-corrected chi connectivity index (χ1v) is 8.75. The molecule has 0 saturated heterocycles. The highest BCUT2D eigenvalue weighted by Crippen LogP contribution is 2.34. The Morgan fingerprint density at radius 2 is 1.77 bits per heavy atom. The third kappa shape index (κ3) is 3.26. The highest BCUT2D eigenvalue weighted by atomic mass is 19.4. The van der Waals surface area contributed by atoms with E-state index in [-0.39, 0.29) is 0 Å². The predicted molar refractivity (Wildman–Crippen MR) is 97.5 cm³/mol. The van der Waals surface area contributed by atoms with Gasteiger partial charge in [0.25, 0.3) is 0 Å². The van der Waals surface area contributed by atoms with E-state index in [0.717, 1.165) is 43.4 Å². The van der Waals surface area contributed by atoms with Gasteiger partial charge in [0, 0.05) is 0 Å². The van der Waals surface area contributed by atoms with Crippen molar-refractivity contribution in [2.45, 2.75) is 38.8 Å². The Bertz CT molecular complexity index is 984. The van der Waals surface area contributed by atoms with Crippen molar-refractivity contribution in [3.63, 3.8) is 0 Å². The summed E-state index contributed by atoms with van der Waals surface area (Å²) in [6.07, 6.45) is 8.21. The molecule has 2 nitrogen and oxygen atoms in total. The summed E-state index contributed by atoms with van der Waals surface area (Å²) in [7, 11) is 0. The SMILES string of the molecule is CC1=CCCC(C2=CC=C(c3nc4ccc(C(F)(F)F)cc4[nH]3)CC2)=C1. The molecule has 2 aromatic rings. The van der Waals surface area contributed by atoms with Crippen molar-refractivity contribution in [3.8, 4) is 0 Å². The van der Waals surface area contributed by atoms with Crippen LogP contribution in [0.15, 0.2) is 59.2 Å². The molecule has 2 aliphatic carbocycles. The molecule has 1 N–H and O–H groups in total. The number of aromatic nitrogens is 2. The second-order valence-corrected chi connectivity index (χ2v) is 6.86. The third-order valence-electron chi connectivity index (χ3n) is 4.96. The van der Waals surface area contributed by atoms with Gasteiger partial charge in [-0.1, -0.05) is 29.9 Å². The fourth-order valence-corrected chi connectivity index (χ4v) is 3.55. The van der Waals surface area contributed by atoms with E-state index in [1.807, 2.05) is 6.08 Å². The summed E-state index contributed by atoms with van der Waals surface area (Å²) in [5, 5.41) is 0. The Hall–Kier alpha value is -2.56. The maximum atomic E-state index is 12.9. The summed E-state index contributed by atoms with van der Waals surface area (Å²) in [6.45, 7) is 2.12. The van der Waals surface area contributed by atoms with E-state index < -0.39 is 11.7 Å². The van der Waals surface area contributed by atoms with Crippen LogP contribution in [-0.4, -0.2) is 9.97 Å². The van der Waals surface area contributed by atoms with Gasteiger partial charge >= 0.3 is 6.18 Å². The second kappa shape index (κ2) is 6.31. The zero-order valence-corrected chi connectivity index (χ0v) is 14.5. The molecule has 0 spiro atoms. The molecule has 0 amide bonds. The molecule has 1 aromatic carbocycles. The van der Waals surface area contributed by atoms with Crippen LogP contribution in [0.1, 0.15) is 44.0 Å². The summed E-state index contributed by atoms with van der Waals surface area (Å²) in [5.74, 6) is 0.656. The van der Waals surface area contributed by atoms with Gasteiger partial charge < -0.3 is 4.98 Å². The number of benzene rings is 1. The lowest BCUT2D eigenvalue weighted by Gasteiger charge is -2.18. The van der Waals surface area contributed by atoms with Crippen molar-refractivity contribution < 1.29 is 13.2 Å². The molecule has 0 aliphatic heterocycles. The number of imidazole rings is 1. The van der Waals surface area contributed by atoms with E-state index in [0.29, 0.717) is 16.9 Å². The fourth-order valence-electron chi connectivity index (χ4n) is 3.55. The molecule has 0 atom stereocenters. The van der Waals surface area contributed by atoms with Crippen LogP contribution in [0.5, 0.6) is 0 Å². The van der Waals surface area contributed by atoms with Crippen molar-refractivity contribution in [1.82, 2.24) is 9.97 Å². The van der Waals surface area contributed by atoms with E-state index >= 15 is 0 Å². The summed E-state index contributed by atoms with van der Waals surface area (Å²) in [6, 6.07) is 3.62. The van der Waals surface area contributed by atoms with Crippen LogP contribution in [0, 0.1) is 0 Å². The lowest BCUT2D eigenvalue weighted by molar-refractivity contribution is -0.137. The number of hydrogen-bond donors (Lipinski definition) is 1. The van der Waals surface area contributed by atoms with Crippen LogP contribution in [0.3, 0.4) is 0 Å². The number of aromatic amines is 1. The molecule has 5 heteroatoms. The molecule has 0 radical (unpaired) electrons. The number of alkyl halides is 3. The van der Waals surface area contributed by atoms with Gasteiger partial charge in [-0.05, 0) is 67.5 Å². The molecule has 26 heavy (non-hydrogen) atoms. The minimum Gasteiger partial charge on any atom is -0.338 e. The van der Waals surface area contributed by atoms with Crippen molar-refractivity contribution in [2.75, 3.05) is 0 Å². The van der Waals surface area contributed by atoms with Crippen LogP contribution >= 0.6 is 0 Å². The van der Waals surface area contributed by atoms with Gasteiger partial charge in [-0.3, -0.25) is 0 Å². The first-order valence-electron chi connectivity index (χ1n) is 8.75. The van der Waals surface area contributed by atoms with Crippen LogP contribution in [0.2, 0.25) is 0 Å². The first-order chi connectivity index (χ1) is 12.4. The van der Waals surface area contributed by atoms with Crippen LogP contribution in [-0.2, 0) is 6.18 Å². The summed E-state index contributed by atoms with van der Waals surface area (Å²) < 4.78 is 38.6. The van der Waals surface area contributed by atoms with E-state index in [2.05, 4.69) is 35.1 Å². The van der Waals surface area contributed by atoms with Gasteiger partial charge in [-0.25, -0.2) is 4.98 Å². The van der Waals surface area contributed by atoms with Crippen molar-refractivity contribution in [3.05, 3.63) is 70.6 Å². The monoisotopic (exact) mass is 356 g/mol. The molecular weight excluding hydrogens is 337 g/mol. The summed E-state index contributed by atoms with van der Waals surface area (Å²) in [5.41, 5.74) is 5.38. The number of halogens is 3. The lowest BCUT2D eigenvalue weighted by atomic mass is 9.87. The topological polar surface area (TPSA) is 28.7 Å². The first kappa shape index (κ1) is 16.9. The van der Waals surface area contributed by atoms with Gasteiger partial charge in [0.05, 0.1) is 16.6 Å². The van der Waals surface area contributed by atoms with Crippen molar-refractivity contribution >= 4 is 16.6 Å². The minimum atomic E-state index is -4.35. The summed E-state index contributed by atoms with van der Waals surface area (Å²) >= 11 is 0. The molecular formula is C21H19F3N2. The van der Waals surface area contributed by atoms with Crippen molar-refractivity contribution in [1.29, 1.82) is 0 Å². The molecule has 1 heterocycles. The van der Waals surface area contributed by atoms with Gasteiger partial charge in [-0.15, -0.1) is 0 Å². The molecule has 2 aliphatic rings. The largest absolute Gasteiger partial charge is 0.416 e. The normalized spacial score (nSPS) is 18.3. The number of hydrogen-bond acceptors (Lipinski definition) is 1. The summed E-state index contributed by atoms with van der Waals surface area (Å²) in [4.78, 5) is 7.51. The highest BCUT2D eigenvalue weighted by molar-refractivity contribution is 5.80. The van der Waals surface area contributed by atoms with E-state index in [1.54, 1.807) is 0 Å². The maximum Gasteiger partial charge on any atom is 0.416 e. The molecule has 0 bridgehead atoms. The third-order valence-corrected chi connectivity index (χ3v) is 4.96. The quantitative estimate of drug-likeness (QED) is 0.667. The Morgan fingerprint density at radius 3 is 2.46 bits per heavy atom. The minimum absolute atomic E-state index is 0.418. The predicted octanol–water partition coefficient (Wildman–Crippen LogP) is 6.35. The second-order valence-electron chi connectivity index (χ2n) is 6.86. The van der Waals surface area contributed by atoms with Crippen LogP contribution in [0.4, 0.5) is 13.2 Å². The molecule has 0 fully saturated rings. The lowest BCUT2D eigenvalue weighted by Crippen LogP contribution is -2.04. The standard InChI is InChI=1S/C21H19F3N2/c1-13-3-2-4-16(11-13)14-5-7-15(8-6-14)20-25-18-10-9-17(21(22,23)24)12-19(18)26-20/h3,5,7,9-12H,2,4,6,8H2,1H3,(H,25,26). The van der Waals surface area contributed by atoms with Crippen molar-refractivity contribution in [2.24, 2.45) is 0 Å². The number of allylic oxidation sites excluding steroid dienone is 8. The number of fused-ring (bicyclic) bond motifs is 1. The van der Waals surface area contributed by atoms with Gasteiger partial charge in [-0.2, -0.15) is 13.2 Å². The molecule has 0 saturated carbocycles. The molecule has 4 rings (SSSR count). The average Bonchev–Trinajstić information content (AvgIpc) is 3.04. The number of H-pyrrole nitrogens is 1. The molecule has 0 unspecified atom stereocenters. The van der Waals surface area contributed by atoms with E-state index in [4.69, 9.17) is 0 Å². The van der Waals surface area contributed by atoms with Gasteiger partial charge in [0.1, 0.15) is 5.82 Å². The Balaban J connectivity index is 1.63. The van der Waals surface area contributed by atoms with Crippen LogP contribution < -0.4 is 0 Å². The van der Waals surface area contributed by atoms with Gasteiger partial charge in [0.15, 0.2) is 0 Å². The number of nitrogens with zero attached hydrogens (tertiary/aromatic N) is 1. The Labute approximate surface area is 149 Å². The molecule has 1 aromatic heterocycles. The highest BCUT2D eigenvalue weighted by Gasteiger charge is 2.30. The van der Waals surface area contributed by atoms with E-state index in [9.17, 15) is 13.2 Å².